The van der Waals surface area contributed by atoms with Crippen LogP contribution in [-0.4, -0.2) is 93.8 Å². The van der Waals surface area contributed by atoms with E-state index < -0.39 is 0 Å². The number of ether oxygens (including phenoxy) is 4. The first-order chi connectivity index (χ1) is 19.0. The highest BCUT2D eigenvalue weighted by molar-refractivity contribution is 5.75. The Morgan fingerprint density at radius 1 is 1.18 bits per heavy atom. The Morgan fingerprint density at radius 2 is 1.92 bits per heavy atom. The molecule has 0 saturated carbocycles. The molecule has 0 bridgehead atoms. The van der Waals surface area contributed by atoms with Gasteiger partial charge in [-0.15, -0.1) is 0 Å². The summed E-state index contributed by atoms with van der Waals surface area (Å²) in [7, 11) is 4.86. The first-order valence-electron chi connectivity index (χ1n) is 13.2. The molecule has 0 spiro atoms. The number of pyridine rings is 1. The van der Waals surface area contributed by atoms with E-state index in [0.29, 0.717) is 37.1 Å². The number of nitrogen functional groups attached to an aromatic ring is 1. The summed E-state index contributed by atoms with van der Waals surface area (Å²) >= 11 is 0. The van der Waals surface area contributed by atoms with E-state index in [-0.39, 0.29) is 24.5 Å². The SMILES string of the molecule is C=Nc1c(N)nc(OCCCC)nc1N(COC)Cc1ccc(OCCN2CCC(C=O)CC2)nc1.COC. The van der Waals surface area contributed by atoms with Gasteiger partial charge in [-0.25, -0.2) is 4.98 Å². The van der Waals surface area contributed by atoms with Crippen molar-refractivity contribution in [3.05, 3.63) is 23.9 Å². The molecule has 3 rings (SSSR count). The highest BCUT2D eigenvalue weighted by atomic mass is 16.5. The molecule has 216 valence electrons. The van der Waals surface area contributed by atoms with Crippen LogP contribution < -0.4 is 20.1 Å². The highest BCUT2D eigenvalue weighted by Crippen LogP contribution is 2.34. The molecular weight excluding hydrogens is 502 g/mol. The van der Waals surface area contributed by atoms with E-state index in [1.54, 1.807) is 27.5 Å². The van der Waals surface area contributed by atoms with Crippen LogP contribution in [0.5, 0.6) is 11.9 Å². The summed E-state index contributed by atoms with van der Waals surface area (Å²) in [6.07, 6.45) is 6.56. The number of aliphatic imine (C=N–C) groups is 1. The van der Waals surface area contributed by atoms with Crippen LogP contribution in [0.25, 0.3) is 0 Å². The van der Waals surface area contributed by atoms with Crippen LogP contribution in [0.4, 0.5) is 17.3 Å². The number of likely N-dealkylation sites (tertiary alicyclic amines) is 1. The summed E-state index contributed by atoms with van der Waals surface area (Å²) in [5.41, 5.74) is 7.42. The number of hydrogen-bond acceptors (Lipinski definition) is 12. The monoisotopic (exact) mass is 545 g/mol. The number of carbonyl (C=O) groups is 1. The van der Waals surface area contributed by atoms with Gasteiger partial charge in [0.2, 0.25) is 5.88 Å². The standard InChI is InChI=1S/C25H37N7O4.C2H6O/c1-4-5-13-36-25-29-23(26)22(27-2)24(30-25)32(18-34-3)16-20-6-7-21(28-15-20)35-14-12-31-10-8-19(17-33)9-11-31;1-3-2/h6-7,15,17,19H,2,4-5,8-14,16,18H2,1,3H3,(H2,26,29,30);1-2H3. The molecular formula is C27H43N7O5. The maximum Gasteiger partial charge on any atom is 0.320 e. The van der Waals surface area contributed by atoms with Crippen LogP contribution in [0.3, 0.4) is 0 Å². The van der Waals surface area contributed by atoms with Crippen molar-refractivity contribution in [3.63, 3.8) is 0 Å². The summed E-state index contributed by atoms with van der Waals surface area (Å²) in [5, 5.41) is 0. The quantitative estimate of drug-likeness (QED) is 0.153. The summed E-state index contributed by atoms with van der Waals surface area (Å²) in [6, 6.07) is 3.99. The zero-order valence-electron chi connectivity index (χ0n) is 23.7. The Balaban J connectivity index is 0.00000170. The number of nitrogens with two attached hydrogens (primary N) is 1. The van der Waals surface area contributed by atoms with Crippen molar-refractivity contribution < 1.29 is 23.7 Å². The number of aldehydes is 1. The lowest BCUT2D eigenvalue weighted by atomic mass is 9.99. The fourth-order valence-electron chi connectivity index (χ4n) is 3.92. The minimum absolute atomic E-state index is 0.194. The van der Waals surface area contributed by atoms with Crippen LogP contribution >= 0.6 is 0 Å². The summed E-state index contributed by atoms with van der Waals surface area (Å²) < 4.78 is 21.2. The van der Waals surface area contributed by atoms with E-state index in [9.17, 15) is 4.79 Å². The number of anilines is 2. The molecule has 0 atom stereocenters. The van der Waals surface area contributed by atoms with Gasteiger partial charge in [-0.1, -0.05) is 19.4 Å². The number of unbranched alkanes of at least 4 members (excludes halogenated alkanes) is 1. The van der Waals surface area contributed by atoms with Crippen molar-refractivity contribution in [2.24, 2.45) is 10.9 Å². The number of hydrogen-bond donors (Lipinski definition) is 1. The molecule has 1 aliphatic rings. The van der Waals surface area contributed by atoms with E-state index in [0.717, 1.165) is 57.2 Å². The van der Waals surface area contributed by atoms with Crippen molar-refractivity contribution >= 4 is 30.3 Å². The third kappa shape index (κ3) is 10.7. The van der Waals surface area contributed by atoms with Crippen LogP contribution in [0.1, 0.15) is 38.2 Å². The van der Waals surface area contributed by atoms with E-state index in [1.807, 2.05) is 17.0 Å². The number of nitrogens with zero attached hydrogens (tertiary/aromatic N) is 6. The largest absolute Gasteiger partial charge is 0.476 e. The lowest BCUT2D eigenvalue weighted by Gasteiger charge is -2.29. The molecule has 39 heavy (non-hydrogen) atoms. The second kappa shape index (κ2) is 18.0. The molecule has 1 fully saturated rings. The van der Waals surface area contributed by atoms with Crippen LogP contribution in [-0.2, 0) is 20.8 Å². The second-order valence-corrected chi connectivity index (χ2v) is 9.12. The maximum absolute atomic E-state index is 10.9. The molecule has 0 radical (unpaired) electrons. The smallest absolute Gasteiger partial charge is 0.320 e. The van der Waals surface area contributed by atoms with Crippen molar-refractivity contribution in [1.29, 1.82) is 0 Å². The molecule has 0 aliphatic carbocycles. The molecule has 0 unspecified atom stereocenters. The molecule has 2 N–H and O–H groups in total. The molecule has 1 saturated heterocycles. The predicted octanol–water partition coefficient (Wildman–Crippen LogP) is 3.13. The van der Waals surface area contributed by atoms with Gasteiger partial charge in [-0.3, -0.25) is 9.89 Å². The van der Waals surface area contributed by atoms with Crippen molar-refractivity contribution in [2.75, 3.05) is 71.5 Å². The van der Waals surface area contributed by atoms with E-state index in [4.69, 9.17) is 19.9 Å². The lowest BCUT2D eigenvalue weighted by Crippen LogP contribution is -2.36. The van der Waals surface area contributed by atoms with Gasteiger partial charge in [0.25, 0.3) is 0 Å². The third-order valence-corrected chi connectivity index (χ3v) is 6.00. The number of aromatic nitrogens is 3. The fraction of sp³-hybridized carbons (Fsp3) is 0.593. The van der Waals surface area contributed by atoms with Crippen LogP contribution in [0, 0.1) is 5.92 Å². The molecule has 0 amide bonds. The Hall–Kier alpha value is -3.35. The van der Waals surface area contributed by atoms with Crippen molar-refractivity contribution in [2.45, 2.75) is 39.2 Å². The first kappa shape index (κ1) is 31.9. The van der Waals surface area contributed by atoms with Crippen LogP contribution in [0.15, 0.2) is 23.3 Å². The van der Waals surface area contributed by atoms with Gasteiger partial charge in [-0.05, 0) is 44.6 Å². The number of rotatable bonds is 15. The average molecular weight is 546 g/mol. The number of piperidine rings is 1. The van der Waals surface area contributed by atoms with Gasteiger partial charge < -0.3 is 34.4 Å². The Labute approximate surface area is 231 Å². The highest BCUT2D eigenvalue weighted by Gasteiger charge is 2.20. The third-order valence-electron chi connectivity index (χ3n) is 6.00. The van der Waals surface area contributed by atoms with E-state index in [2.05, 4.69) is 43.2 Å². The lowest BCUT2D eigenvalue weighted by molar-refractivity contribution is -0.112. The minimum Gasteiger partial charge on any atom is -0.476 e. The second-order valence-electron chi connectivity index (χ2n) is 9.12. The molecule has 12 heteroatoms. The van der Waals surface area contributed by atoms with Gasteiger partial charge in [0.15, 0.2) is 11.6 Å². The normalized spacial score (nSPS) is 13.7. The summed E-state index contributed by atoms with van der Waals surface area (Å²) in [4.78, 5) is 32.3. The summed E-state index contributed by atoms with van der Waals surface area (Å²) in [5.74, 6) is 1.43. The Bertz CT molecular complexity index is 985. The van der Waals surface area contributed by atoms with Gasteiger partial charge in [0.05, 0.1) is 6.61 Å². The van der Waals surface area contributed by atoms with E-state index in [1.165, 1.54) is 0 Å². The van der Waals surface area contributed by atoms with Gasteiger partial charge in [-0.2, -0.15) is 9.97 Å². The van der Waals surface area contributed by atoms with Crippen molar-refractivity contribution in [1.82, 2.24) is 19.9 Å². The maximum atomic E-state index is 10.9. The molecule has 0 aromatic carbocycles. The van der Waals surface area contributed by atoms with Gasteiger partial charge >= 0.3 is 6.01 Å². The molecule has 3 heterocycles. The topological polar surface area (TPSA) is 138 Å². The van der Waals surface area contributed by atoms with Gasteiger partial charge in [0, 0.05) is 52.6 Å². The average Bonchev–Trinajstić information content (AvgIpc) is 2.94. The summed E-state index contributed by atoms with van der Waals surface area (Å²) in [6.45, 7) is 10.1. The molecule has 2 aromatic heterocycles. The minimum atomic E-state index is 0.194. The molecule has 1 aliphatic heterocycles. The fourth-order valence-corrected chi connectivity index (χ4v) is 3.92. The molecule has 12 nitrogen and oxygen atoms in total. The van der Waals surface area contributed by atoms with Gasteiger partial charge in [0.1, 0.15) is 25.3 Å². The van der Waals surface area contributed by atoms with Crippen LogP contribution in [0.2, 0.25) is 0 Å². The Kier molecular flexibility index (Phi) is 14.7. The molecule has 2 aromatic rings. The first-order valence-corrected chi connectivity index (χ1v) is 13.2. The van der Waals surface area contributed by atoms with Crippen molar-refractivity contribution in [3.8, 4) is 11.9 Å². The zero-order chi connectivity index (χ0) is 28.5. The number of carbonyl (C=O) groups excluding carboxylic acids is 1. The number of methoxy groups -OCH3 is 2. The zero-order valence-corrected chi connectivity index (χ0v) is 23.7. The van der Waals surface area contributed by atoms with E-state index >= 15 is 0 Å². The Morgan fingerprint density at radius 3 is 2.51 bits per heavy atom. The predicted molar refractivity (Wildman–Crippen MR) is 152 cm³/mol.